The van der Waals surface area contributed by atoms with E-state index in [-0.39, 0.29) is 0 Å². The predicted octanol–water partition coefficient (Wildman–Crippen LogP) is 4.11. The Kier molecular flexibility index (Phi) is 12.9. The number of rotatable bonds is 13. The van der Waals surface area contributed by atoms with Crippen molar-refractivity contribution in [2.75, 3.05) is 6.61 Å². The fourth-order valence-electron chi connectivity index (χ4n) is 2.15. The molecule has 0 radical (unpaired) electrons. The highest BCUT2D eigenvalue weighted by atomic mass is 16.5. The first-order chi connectivity index (χ1) is 10.1. The number of unbranched alkanes of at least 4 members (excludes halogenated alkanes) is 7. The number of esters is 1. The zero-order valence-electron chi connectivity index (χ0n) is 13.5. The molecule has 1 unspecified atom stereocenters. The molecule has 0 heterocycles. The van der Waals surface area contributed by atoms with Crippen LogP contribution >= 0.6 is 0 Å². The van der Waals surface area contributed by atoms with Crippen molar-refractivity contribution in [3.63, 3.8) is 0 Å². The second-order valence-electron chi connectivity index (χ2n) is 5.43. The maximum absolute atomic E-state index is 11.9. The van der Waals surface area contributed by atoms with Crippen LogP contribution in [-0.4, -0.2) is 29.8 Å². The molecule has 0 fully saturated rings. The van der Waals surface area contributed by atoms with E-state index >= 15 is 0 Å². The number of nitrogens with one attached hydrogen (secondary N) is 1. The van der Waals surface area contributed by atoms with Crippen LogP contribution in [0.25, 0.3) is 0 Å². The standard InChI is InChI=1S/C16H31NO4/c1-3-5-7-8-9-11-13-21-15(18)14(17-16(19)20)12-10-6-4-2/h14,17H,3-13H2,1-2H3,(H,19,20). The monoisotopic (exact) mass is 301 g/mol. The molecule has 0 spiro atoms. The van der Waals surface area contributed by atoms with Crippen molar-refractivity contribution in [3.8, 4) is 0 Å². The Morgan fingerprint density at radius 1 is 0.952 bits per heavy atom. The first-order valence-electron chi connectivity index (χ1n) is 8.27. The van der Waals surface area contributed by atoms with Gasteiger partial charge in [0.1, 0.15) is 6.04 Å². The van der Waals surface area contributed by atoms with Crippen molar-refractivity contribution >= 4 is 12.1 Å². The summed E-state index contributed by atoms with van der Waals surface area (Å²) in [6.07, 6.45) is 8.95. The summed E-state index contributed by atoms with van der Waals surface area (Å²) >= 11 is 0. The van der Waals surface area contributed by atoms with Gasteiger partial charge in [0.25, 0.3) is 0 Å². The third-order valence-corrected chi connectivity index (χ3v) is 3.42. The maximum atomic E-state index is 11.9. The molecule has 0 aliphatic carbocycles. The lowest BCUT2D eigenvalue weighted by Crippen LogP contribution is -2.41. The third-order valence-electron chi connectivity index (χ3n) is 3.42. The number of hydrogen-bond donors (Lipinski definition) is 2. The molecule has 0 rings (SSSR count). The van der Waals surface area contributed by atoms with Crippen LogP contribution in [0.2, 0.25) is 0 Å². The largest absolute Gasteiger partial charge is 0.465 e. The molecule has 0 saturated carbocycles. The van der Waals surface area contributed by atoms with Gasteiger partial charge in [0.2, 0.25) is 0 Å². The number of amides is 1. The van der Waals surface area contributed by atoms with Gasteiger partial charge >= 0.3 is 12.1 Å². The quantitative estimate of drug-likeness (QED) is 0.396. The van der Waals surface area contributed by atoms with Crippen molar-refractivity contribution in [3.05, 3.63) is 0 Å². The van der Waals surface area contributed by atoms with E-state index in [4.69, 9.17) is 9.84 Å². The minimum atomic E-state index is -1.17. The van der Waals surface area contributed by atoms with E-state index in [1.807, 2.05) is 0 Å². The Morgan fingerprint density at radius 3 is 2.14 bits per heavy atom. The minimum Gasteiger partial charge on any atom is -0.465 e. The highest BCUT2D eigenvalue weighted by Gasteiger charge is 2.21. The molecule has 1 amide bonds. The van der Waals surface area contributed by atoms with Crippen LogP contribution in [0.3, 0.4) is 0 Å². The molecule has 2 N–H and O–H groups in total. The average molecular weight is 301 g/mol. The number of carbonyl (C=O) groups is 2. The maximum Gasteiger partial charge on any atom is 0.405 e. The molecule has 5 heteroatoms. The molecular formula is C16H31NO4. The molecule has 124 valence electrons. The van der Waals surface area contributed by atoms with Crippen molar-refractivity contribution in [2.24, 2.45) is 0 Å². The summed E-state index contributed by atoms with van der Waals surface area (Å²) in [6, 6.07) is -0.728. The summed E-state index contributed by atoms with van der Waals surface area (Å²) in [6.45, 7) is 4.63. The van der Waals surface area contributed by atoms with E-state index in [0.29, 0.717) is 13.0 Å². The molecule has 5 nitrogen and oxygen atoms in total. The number of carboxylic acid groups (broad SMARTS) is 1. The van der Waals surface area contributed by atoms with Gasteiger partial charge < -0.3 is 15.2 Å². The summed E-state index contributed by atoms with van der Waals surface area (Å²) in [5.74, 6) is -0.443. The lowest BCUT2D eigenvalue weighted by Gasteiger charge is -2.15. The first kappa shape index (κ1) is 19.7. The van der Waals surface area contributed by atoms with E-state index in [2.05, 4.69) is 19.2 Å². The zero-order valence-corrected chi connectivity index (χ0v) is 13.5. The van der Waals surface area contributed by atoms with Gasteiger partial charge in [-0.25, -0.2) is 9.59 Å². The van der Waals surface area contributed by atoms with Gasteiger partial charge in [-0.05, 0) is 12.8 Å². The highest BCUT2D eigenvalue weighted by Crippen LogP contribution is 2.08. The number of carbonyl (C=O) groups excluding carboxylic acids is 1. The zero-order chi connectivity index (χ0) is 15.9. The lowest BCUT2D eigenvalue weighted by atomic mass is 10.1. The second-order valence-corrected chi connectivity index (χ2v) is 5.43. The topological polar surface area (TPSA) is 75.6 Å². The molecule has 0 aromatic carbocycles. The van der Waals surface area contributed by atoms with E-state index in [0.717, 1.165) is 32.1 Å². The van der Waals surface area contributed by atoms with Crippen LogP contribution in [0.4, 0.5) is 4.79 Å². The smallest absolute Gasteiger partial charge is 0.405 e. The second kappa shape index (κ2) is 13.7. The van der Waals surface area contributed by atoms with E-state index in [9.17, 15) is 9.59 Å². The molecule has 0 saturated heterocycles. The summed E-state index contributed by atoms with van der Waals surface area (Å²) in [5.41, 5.74) is 0. The summed E-state index contributed by atoms with van der Waals surface area (Å²) in [4.78, 5) is 22.6. The molecule has 1 atom stereocenters. The van der Waals surface area contributed by atoms with Crippen LogP contribution in [0, 0.1) is 0 Å². The van der Waals surface area contributed by atoms with Crippen molar-refractivity contribution in [1.29, 1.82) is 0 Å². The fourth-order valence-corrected chi connectivity index (χ4v) is 2.15. The molecular weight excluding hydrogens is 270 g/mol. The molecule has 0 aliphatic rings. The highest BCUT2D eigenvalue weighted by molar-refractivity contribution is 5.80. The van der Waals surface area contributed by atoms with Crippen LogP contribution < -0.4 is 5.32 Å². The van der Waals surface area contributed by atoms with Gasteiger partial charge in [0, 0.05) is 0 Å². The lowest BCUT2D eigenvalue weighted by molar-refractivity contribution is -0.146. The van der Waals surface area contributed by atoms with Crippen molar-refractivity contribution in [1.82, 2.24) is 5.32 Å². The molecule has 0 aromatic heterocycles. The minimum absolute atomic E-state index is 0.385. The van der Waals surface area contributed by atoms with Crippen LogP contribution in [0.15, 0.2) is 0 Å². The van der Waals surface area contributed by atoms with E-state index in [1.54, 1.807) is 0 Å². The molecule has 0 bridgehead atoms. The van der Waals surface area contributed by atoms with Crippen LogP contribution in [-0.2, 0) is 9.53 Å². The van der Waals surface area contributed by atoms with E-state index < -0.39 is 18.1 Å². The van der Waals surface area contributed by atoms with Gasteiger partial charge in [-0.3, -0.25) is 0 Å². The van der Waals surface area contributed by atoms with E-state index in [1.165, 1.54) is 25.7 Å². The summed E-state index contributed by atoms with van der Waals surface area (Å²) < 4.78 is 5.18. The van der Waals surface area contributed by atoms with Gasteiger partial charge in [0.05, 0.1) is 6.61 Å². The van der Waals surface area contributed by atoms with Gasteiger partial charge in [0.15, 0.2) is 0 Å². The first-order valence-corrected chi connectivity index (χ1v) is 8.27. The molecule has 0 aliphatic heterocycles. The Bertz CT molecular complexity index is 281. The van der Waals surface area contributed by atoms with Gasteiger partial charge in [-0.1, -0.05) is 65.2 Å². The average Bonchev–Trinajstić information content (AvgIpc) is 2.45. The summed E-state index contributed by atoms with van der Waals surface area (Å²) in [5, 5.41) is 11.0. The van der Waals surface area contributed by atoms with Gasteiger partial charge in [-0.15, -0.1) is 0 Å². The Labute approximate surface area is 128 Å². The SMILES string of the molecule is CCCCCCCCOC(=O)C(CCCCC)NC(=O)O. The fraction of sp³-hybridized carbons (Fsp3) is 0.875. The van der Waals surface area contributed by atoms with Crippen LogP contribution in [0.1, 0.15) is 78.1 Å². The number of hydrogen-bond acceptors (Lipinski definition) is 3. The Morgan fingerprint density at radius 2 is 1.52 bits per heavy atom. The predicted molar refractivity (Wildman–Crippen MR) is 83.4 cm³/mol. The molecule has 0 aromatic rings. The third kappa shape index (κ3) is 12.2. The Hall–Kier alpha value is -1.26. The van der Waals surface area contributed by atoms with Crippen LogP contribution in [0.5, 0.6) is 0 Å². The number of ether oxygens (including phenoxy) is 1. The van der Waals surface area contributed by atoms with Crippen molar-refractivity contribution in [2.45, 2.75) is 84.1 Å². The molecule has 21 heavy (non-hydrogen) atoms. The normalized spacial score (nSPS) is 11.9. The van der Waals surface area contributed by atoms with Crippen molar-refractivity contribution < 1.29 is 19.4 Å². The van der Waals surface area contributed by atoms with Gasteiger partial charge in [-0.2, -0.15) is 0 Å². The summed E-state index contributed by atoms with van der Waals surface area (Å²) in [7, 11) is 0. The Balaban J connectivity index is 3.85.